The van der Waals surface area contributed by atoms with Crippen LogP contribution in [0.25, 0.3) is 0 Å². The number of methoxy groups -OCH3 is 2. The van der Waals surface area contributed by atoms with Gasteiger partial charge in [-0.05, 0) is 55.3 Å². The Morgan fingerprint density at radius 1 is 1.04 bits per heavy atom. The normalized spacial score (nSPS) is 11.6. The summed E-state index contributed by atoms with van der Waals surface area (Å²) in [6.07, 6.45) is -0.825. The van der Waals surface area contributed by atoms with Crippen molar-refractivity contribution in [2.24, 2.45) is 0 Å². The third-order valence-electron chi connectivity index (χ3n) is 3.74. The molecule has 2 aromatic carbocycles. The summed E-state index contributed by atoms with van der Waals surface area (Å²) in [5, 5.41) is 0.814. The van der Waals surface area contributed by atoms with Crippen molar-refractivity contribution < 1.29 is 23.7 Å². The highest BCUT2D eigenvalue weighted by Gasteiger charge is 2.19. The summed E-state index contributed by atoms with van der Waals surface area (Å²) < 4.78 is 21.4. The van der Waals surface area contributed by atoms with Crippen molar-refractivity contribution >= 4 is 29.2 Å². The Hall–Kier alpha value is -2.11. The summed E-state index contributed by atoms with van der Waals surface area (Å²) in [5.41, 5.74) is 1.73. The lowest BCUT2D eigenvalue weighted by Gasteiger charge is -2.16. The van der Waals surface area contributed by atoms with Gasteiger partial charge < -0.3 is 18.9 Å². The van der Waals surface area contributed by atoms with Crippen LogP contribution in [0.2, 0.25) is 10.0 Å². The van der Waals surface area contributed by atoms with E-state index in [9.17, 15) is 4.79 Å². The Kier molecular flexibility index (Phi) is 7.00. The van der Waals surface area contributed by atoms with Crippen molar-refractivity contribution in [2.75, 3.05) is 14.2 Å². The third kappa shape index (κ3) is 4.96. The van der Waals surface area contributed by atoms with Gasteiger partial charge in [-0.1, -0.05) is 23.2 Å². The van der Waals surface area contributed by atoms with E-state index in [1.807, 2.05) is 13.0 Å². The molecule has 140 valence electrons. The third-order valence-corrected chi connectivity index (χ3v) is 4.27. The largest absolute Gasteiger partial charge is 0.493 e. The average Bonchev–Trinajstić information content (AvgIpc) is 2.62. The minimum atomic E-state index is -0.825. The highest BCUT2D eigenvalue weighted by Crippen LogP contribution is 2.31. The molecular formula is C19H20Cl2O5. The lowest BCUT2D eigenvalue weighted by Crippen LogP contribution is -2.26. The first kappa shape index (κ1) is 20.2. The summed E-state index contributed by atoms with van der Waals surface area (Å²) in [5.74, 6) is 1.04. The van der Waals surface area contributed by atoms with Crippen molar-refractivity contribution in [3.8, 4) is 17.2 Å². The number of hydrogen-bond donors (Lipinski definition) is 0. The average molecular weight is 399 g/mol. The predicted molar refractivity (Wildman–Crippen MR) is 101 cm³/mol. The molecule has 0 saturated heterocycles. The first-order valence-corrected chi connectivity index (χ1v) is 8.61. The number of halogens is 2. The molecule has 5 nitrogen and oxygen atoms in total. The Morgan fingerprint density at radius 3 is 2.31 bits per heavy atom. The van der Waals surface area contributed by atoms with Crippen LogP contribution in [-0.4, -0.2) is 26.3 Å². The maximum atomic E-state index is 12.2. The van der Waals surface area contributed by atoms with Gasteiger partial charge in [-0.3, -0.25) is 0 Å². The molecule has 0 spiro atoms. The van der Waals surface area contributed by atoms with E-state index >= 15 is 0 Å². The molecule has 0 saturated carbocycles. The highest BCUT2D eigenvalue weighted by molar-refractivity contribution is 6.35. The number of carbonyl (C=O) groups excluding carboxylic acids is 1. The van der Waals surface area contributed by atoms with Crippen LogP contribution in [0, 0.1) is 6.92 Å². The van der Waals surface area contributed by atoms with Crippen LogP contribution < -0.4 is 14.2 Å². The number of carbonyl (C=O) groups is 1. The second-order valence-corrected chi connectivity index (χ2v) is 6.42. The van der Waals surface area contributed by atoms with E-state index in [1.165, 1.54) is 0 Å². The highest BCUT2D eigenvalue weighted by atomic mass is 35.5. The van der Waals surface area contributed by atoms with E-state index in [0.717, 1.165) is 11.1 Å². The van der Waals surface area contributed by atoms with E-state index in [1.54, 1.807) is 45.4 Å². The Morgan fingerprint density at radius 2 is 1.69 bits per heavy atom. The molecule has 0 aliphatic rings. The van der Waals surface area contributed by atoms with Crippen LogP contribution in [0.3, 0.4) is 0 Å². The maximum Gasteiger partial charge on any atom is 0.347 e. The van der Waals surface area contributed by atoms with Gasteiger partial charge in [0.2, 0.25) is 0 Å². The van der Waals surface area contributed by atoms with Crippen LogP contribution in [0.4, 0.5) is 0 Å². The standard InChI is InChI=1S/C19H20Cl2O5/c1-11-7-17(23-3)18(24-4)8-13(11)10-25-19(22)12(2)26-16-6-5-14(20)9-15(16)21/h5-9,12H,10H2,1-4H3/t12-/m1/s1. The molecule has 0 heterocycles. The Balaban J connectivity index is 2.01. The first-order valence-electron chi connectivity index (χ1n) is 7.85. The molecule has 0 radical (unpaired) electrons. The van der Waals surface area contributed by atoms with Crippen LogP contribution in [-0.2, 0) is 16.1 Å². The molecule has 0 aromatic heterocycles. The summed E-state index contributed by atoms with van der Waals surface area (Å²) in [7, 11) is 3.12. The van der Waals surface area contributed by atoms with E-state index in [0.29, 0.717) is 27.3 Å². The van der Waals surface area contributed by atoms with E-state index < -0.39 is 12.1 Å². The number of ether oxygens (including phenoxy) is 4. The van der Waals surface area contributed by atoms with Crippen molar-refractivity contribution in [1.82, 2.24) is 0 Å². The number of hydrogen-bond acceptors (Lipinski definition) is 5. The molecule has 1 atom stereocenters. The maximum absolute atomic E-state index is 12.2. The lowest BCUT2D eigenvalue weighted by molar-refractivity contribution is -0.152. The van der Waals surface area contributed by atoms with Crippen molar-refractivity contribution in [3.63, 3.8) is 0 Å². The van der Waals surface area contributed by atoms with Crippen molar-refractivity contribution in [1.29, 1.82) is 0 Å². The predicted octanol–water partition coefficient (Wildman–Crippen LogP) is 4.83. The van der Waals surface area contributed by atoms with Gasteiger partial charge in [0.1, 0.15) is 12.4 Å². The molecule has 0 N–H and O–H groups in total. The van der Waals surface area contributed by atoms with Crippen LogP contribution in [0.5, 0.6) is 17.2 Å². The van der Waals surface area contributed by atoms with Crippen LogP contribution in [0.1, 0.15) is 18.1 Å². The van der Waals surface area contributed by atoms with Gasteiger partial charge in [0.15, 0.2) is 17.6 Å². The molecule has 7 heteroatoms. The molecule has 2 rings (SSSR count). The van der Waals surface area contributed by atoms with Gasteiger partial charge >= 0.3 is 5.97 Å². The fraction of sp³-hybridized carbons (Fsp3) is 0.316. The number of esters is 1. The SMILES string of the molecule is COc1cc(C)c(COC(=O)[C@@H](C)Oc2ccc(Cl)cc2Cl)cc1OC. The number of aryl methyl sites for hydroxylation is 1. The van der Waals surface area contributed by atoms with Gasteiger partial charge in [-0.25, -0.2) is 4.79 Å². The van der Waals surface area contributed by atoms with Gasteiger partial charge in [-0.15, -0.1) is 0 Å². The molecule has 0 aliphatic carbocycles. The fourth-order valence-electron chi connectivity index (χ4n) is 2.25. The number of rotatable bonds is 7. The Labute approximate surface area is 162 Å². The topological polar surface area (TPSA) is 54.0 Å². The molecule has 26 heavy (non-hydrogen) atoms. The minimum absolute atomic E-state index is 0.0903. The molecule has 0 bridgehead atoms. The molecule has 0 unspecified atom stereocenters. The van der Waals surface area contributed by atoms with Crippen molar-refractivity contribution in [2.45, 2.75) is 26.6 Å². The fourth-order valence-corrected chi connectivity index (χ4v) is 2.71. The zero-order chi connectivity index (χ0) is 19.3. The van der Waals surface area contributed by atoms with E-state index in [-0.39, 0.29) is 6.61 Å². The molecule has 0 amide bonds. The van der Waals surface area contributed by atoms with Gasteiger partial charge in [0.25, 0.3) is 0 Å². The van der Waals surface area contributed by atoms with Crippen molar-refractivity contribution in [3.05, 3.63) is 51.5 Å². The smallest absolute Gasteiger partial charge is 0.347 e. The van der Waals surface area contributed by atoms with Crippen LogP contribution in [0.15, 0.2) is 30.3 Å². The zero-order valence-corrected chi connectivity index (χ0v) is 16.5. The van der Waals surface area contributed by atoms with Gasteiger partial charge in [0.05, 0.1) is 19.2 Å². The van der Waals surface area contributed by atoms with E-state index in [4.69, 9.17) is 42.1 Å². The second-order valence-electron chi connectivity index (χ2n) is 5.58. The molecular weight excluding hydrogens is 379 g/mol. The quantitative estimate of drug-likeness (QED) is 0.625. The zero-order valence-electron chi connectivity index (χ0n) is 15.0. The minimum Gasteiger partial charge on any atom is -0.493 e. The summed E-state index contributed by atoms with van der Waals surface area (Å²) >= 11 is 11.9. The van der Waals surface area contributed by atoms with Crippen LogP contribution >= 0.6 is 23.2 Å². The molecule has 2 aromatic rings. The van der Waals surface area contributed by atoms with E-state index in [2.05, 4.69) is 0 Å². The second kappa shape index (κ2) is 9.01. The monoisotopic (exact) mass is 398 g/mol. The number of benzene rings is 2. The summed E-state index contributed by atoms with van der Waals surface area (Å²) in [6, 6.07) is 8.39. The van der Waals surface area contributed by atoms with Gasteiger partial charge in [0, 0.05) is 5.02 Å². The van der Waals surface area contributed by atoms with Gasteiger partial charge in [-0.2, -0.15) is 0 Å². The lowest BCUT2D eigenvalue weighted by atomic mass is 10.1. The summed E-state index contributed by atoms with van der Waals surface area (Å²) in [4.78, 5) is 12.2. The first-order chi connectivity index (χ1) is 12.3. The molecule has 0 fully saturated rings. The Bertz CT molecular complexity index is 792. The molecule has 0 aliphatic heterocycles. The summed E-state index contributed by atoms with van der Waals surface area (Å²) in [6.45, 7) is 3.58.